The highest BCUT2D eigenvalue weighted by Crippen LogP contribution is 2.36. The molecule has 0 saturated carbocycles. The standard InChI is InChI=1S/C18H20N4O2S2/c1-11-8-15(23)22-18(20-11)25-10-16(24)21-17-13(9-19)12-6-4-2-3-5-7-14(12)26-17/h8H,2-7,10H2,1H3,(H,21,24)(H,20,22,23). The van der Waals surface area contributed by atoms with Gasteiger partial charge in [-0.15, -0.1) is 11.3 Å². The van der Waals surface area contributed by atoms with E-state index >= 15 is 0 Å². The molecule has 2 aromatic heterocycles. The summed E-state index contributed by atoms with van der Waals surface area (Å²) in [7, 11) is 0. The number of anilines is 1. The zero-order valence-corrected chi connectivity index (χ0v) is 16.2. The molecule has 1 aliphatic carbocycles. The van der Waals surface area contributed by atoms with Crippen LogP contribution in [0, 0.1) is 18.3 Å². The fourth-order valence-electron chi connectivity index (χ4n) is 3.04. The molecule has 0 fully saturated rings. The maximum absolute atomic E-state index is 12.3. The summed E-state index contributed by atoms with van der Waals surface area (Å²) in [5.41, 5.74) is 2.11. The van der Waals surface area contributed by atoms with Gasteiger partial charge in [0, 0.05) is 16.6 Å². The number of thiophene rings is 1. The van der Waals surface area contributed by atoms with Crippen LogP contribution in [0.3, 0.4) is 0 Å². The number of nitrogens with zero attached hydrogens (tertiary/aromatic N) is 2. The average Bonchev–Trinajstić information content (AvgIpc) is 2.87. The van der Waals surface area contributed by atoms with Gasteiger partial charge in [-0.1, -0.05) is 24.6 Å². The van der Waals surface area contributed by atoms with Crippen molar-refractivity contribution in [2.45, 2.75) is 50.6 Å². The molecule has 6 nitrogen and oxygen atoms in total. The molecule has 26 heavy (non-hydrogen) atoms. The molecule has 3 rings (SSSR count). The summed E-state index contributed by atoms with van der Waals surface area (Å²) in [5.74, 6) is -0.0790. The van der Waals surface area contributed by atoms with Crippen molar-refractivity contribution >= 4 is 34.0 Å². The number of rotatable bonds is 4. The predicted molar refractivity (Wildman–Crippen MR) is 104 cm³/mol. The van der Waals surface area contributed by atoms with E-state index in [9.17, 15) is 14.9 Å². The normalized spacial score (nSPS) is 14.0. The van der Waals surface area contributed by atoms with Gasteiger partial charge in [0.05, 0.1) is 11.3 Å². The van der Waals surface area contributed by atoms with Crippen molar-refractivity contribution in [3.8, 4) is 6.07 Å². The van der Waals surface area contributed by atoms with Gasteiger partial charge < -0.3 is 10.3 Å². The lowest BCUT2D eigenvalue weighted by atomic mass is 9.97. The maximum Gasteiger partial charge on any atom is 0.251 e. The van der Waals surface area contributed by atoms with E-state index in [4.69, 9.17) is 0 Å². The van der Waals surface area contributed by atoms with Crippen LogP contribution in [0.2, 0.25) is 0 Å². The number of H-pyrrole nitrogens is 1. The van der Waals surface area contributed by atoms with Crippen molar-refractivity contribution in [2.24, 2.45) is 0 Å². The molecule has 2 aromatic rings. The first-order valence-corrected chi connectivity index (χ1v) is 10.4. The third-order valence-corrected chi connectivity index (χ3v) is 6.30. The largest absolute Gasteiger partial charge is 0.316 e. The number of nitrogens with one attached hydrogen (secondary N) is 2. The second-order valence-corrected chi connectivity index (χ2v) is 8.33. The minimum atomic E-state index is -0.231. The Balaban J connectivity index is 1.70. The first-order valence-electron chi connectivity index (χ1n) is 8.62. The second-order valence-electron chi connectivity index (χ2n) is 6.26. The summed E-state index contributed by atoms with van der Waals surface area (Å²) in [6.07, 6.45) is 6.53. The number of carbonyl (C=O) groups is 1. The van der Waals surface area contributed by atoms with Gasteiger partial charge in [-0.2, -0.15) is 5.26 Å². The monoisotopic (exact) mass is 388 g/mol. The van der Waals surface area contributed by atoms with Gasteiger partial charge in [-0.25, -0.2) is 4.98 Å². The molecule has 0 atom stereocenters. The van der Waals surface area contributed by atoms with Gasteiger partial charge in [-0.05, 0) is 38.2 Å². The smallest absolute Gasteiger partial charge is 0.251 e. The number of aromatic amines is 1. The number of aromatic nitrogens is 2. The Labute approximate surface area is 160 Å². The molecule has 0 aliphatic heterocycles. The Morgan fingerprint density at radius 2 is 2.15 bits per heavy atom. The van der Waals surface area contributed by atoms with Crippen LogP contribution in [-0.4, -0.2) is 21.6 Å². The molecule has 2 heterocycles. The number of fused-ring (bicyclic) bond motifs is 1. The van der Waals surface area contributed by atoms with Gasteiger partial charge in [-0.3, -0.25) is 9.59 Å². The van der Waals surface area contributed by atoms with Gasteiger partial charge in [0.25, 0.3) is 5.56 Å². The molecule has 0 bridgehead atoms. The molecule has 0 saturated heterocycles. The van der Waals surface area contributed by atoms with Gasteiger partial charge in [0.1, 0.15) is 11.1 Å². The summed E-state index contributed by atoms with van der Waals surface area (Å²) in [6, 6.07) is 3.68. The van der Waals surface area contributed by atoms with Crippen LogP contribution >= 0.6 is 23.1 Å². The summed E-state index contributed by atoms with van der Waals surface area (Å²) in [6.45, 7) is 1.74. The van der Waals surface area contributed by atoms with Crippen LogP contribution in [0.25, 0.3) is 0 Å². The van der Waals surface area contributed by atoms with Crippen molar-refractivity contribution in [2.75, 3.05) is 11.1 Å². The number of aryl methyl sites for hydroxylation is 2. The van der Waals surface area contributed by atoms with E-state index in [0.29, 0.717) is 21.4 Å². The van der Waals surface area contributed by atoms with E-state index in [1.165, 1.54) is 46.9 Å². The van der Waals surface area contributed by atoms with Crippen LogP contribution in [0.1, 0.15) is 47.4 Å². The van der Waals surface area contributed by atoms with Crippen LogP contribution in [-0.2, 0) is 17.6 Å². The molecular formula is C18H20N4O2S2. The number of hydrogen-bond acceptors (Lipinski definition) is 6. The highest BCUT2D eigenvalue weighted by molar-refractivity contribution is 7.99. The lowest BCUT2D eigenvalue weighted by Crippen LogP contribution is -2.15. The van der Waals surface area contributed by atoms with E-state index in [0.717, 1.165) is 31.2 Å². The first-order chi connectivity index (χ1) is 12.6. The van der Waals surface area contributed by atoms with Crippen LogP contribution in [0.15, 0.2) is 16.0 Å². The van der Waals surface area contributed by atoms with Gasteiger partial charge in [0.2, 0.25) is 5.91 Å². The van der Waals surface area contributed by atoms with Crippen LogP contribution < -0.4 is 10.9 Å². The lowest BCUT2D eigenvalue weighted by molar-refractivity contribution is -0.113. The van der Waals surface area contributed by atoms with Crippen molar-refractivity contribution < 1.29 is 4.79 Å². The summed E-state index contributed by atoms with van der Waals surface area (Å²) in [5, 5.41) is 13.5. The second kappa shape index (κ2) is 8.52. The molecule has 8 heteroatoms. The van der Waals surface area contributed by atoms with E-state index in [-0.39, 0.29) is 17.2 Å². The Morgan fingerprint density at radius 1 is 1.38 bits per heavy atom. The Hall–Kier alpha value is -2.11. The molecule has 1 amide bonds. The minimum absolute atomic E-state index is 0.125. The fourth-order valence-corrected chi connectivity index (χ4v) is 5.02. The molecule has 0 radical (unpaired) electrons. The van der Waals surface area contributed by atoms with Crippen molar-refractivity contribution in [1.29, 1.82) is 5.26 Å². The van der Waals surface area contributed by atoms with Crippen LogP contribution in [0.5, 0.6) is 0 Å². The quantitative estimate of drug-likeness (QED) is 0.618. The summed E-state index contributed by atoms with van der Waals surface area (Å²) >= 11 is 2.70. The number of hydrogen-bond donors (Lipinski definition) is 2. The van der Waals surface area contributed by atoms with Crippen LogP contribution in [0.4, 0.5) is 5.00 Å². The summed E-state index contributed by atoms with van der Waals surface area (Å²) < 4.78 is 0. The van der Waals surface area contributed by atoms with Crippen molar-refractivity contribution in [1.82, 2.24) is 9.97 Å². The highest BCUT2D eigenvalue weighted by atomic mass is 32.2. The molecule has 2 N–H and O–H groups in total. The third-order valence-electron chi connectivity index (χ3n) is 4.22. The van der Waals surface area contributed by atoms with E-state index in [1.807, 2.05) is 0 Å². The van der Waals surface area contributed by atoms with Gasteiger partial charge >= 0.3 is 0 Å². The average molecular weight is 389 g/mol. The molecule has 0 spiro atoms. The zero-order valence-electron chi connectivity index (χ0n) is 14.6. The van der Waals surface area contributed by atoms with E-state index in [1.54, 1.807) is 6.92 Å². The van der Waals surface area contributed by atoms with E-state index in [2.05, 4.69) is 21.4 Å². The number of amides is 1. The Bertz CT molecular complexity index is 911. The number of nitriles is 1. The topological polar surface area (TPSA) is 98.6 Å². The number of carbonyl (C=O) groups excluding carboxylic acids is 1. The lowest BCUT2D eigenvalue weighted by Gasteiger charge is -2.08. The molecule has 0 aromatic carbocycles. The molecule has 0 unspecified atom stereocenters. The third kappa shape index (κ3) is 4.54. The Kier molecular flexibility index (Phi) is 6.12. The molecular weight excluding hydrogens is 368 g/mol. The van der Waals surface area contributed by atoms with Crippen molar-refractivity contribution in [3.63, 3.8) is 0 Å². The highest BCUT2D eigenvalue weighted by Gasteiger charge is 2.20. The van der Waals surface area contributed by atoms with Gasteiger partial charge in [0.15, 0.2) is 5.16 Å². The zero-order chi connectivity index (χ0) is 18.5. The van der Waals surface area contributed by atoms with E-state index < -0.39 is 0 Å². The molecule has 136 valence electrons. The maximum atomic E-state index is 12.3. The number of thioether (sulfide) groups is 1. The predicted octanol–water partition coefficient (Wildman–Crippen LogP) is 3.40. The Morgan fingerprint density at radius 3 is 2.88 bits per heavy atom. The fraction of sp³-hybridized carbons (Fsp3) is 0.444. The van der Waals surface area contributed by atoms with Crippen molar-refractivity contribution in [3.05, 3.63) is 38.1 Å². The molecule has 1 aliphatic rings. The SMILES string of the molecule is Cc1cc(=O)[nH]c(SCC(=O)Nc2sc3c(c2C#N)CCCCCC3)n1. The minimum Gasteiger partial charge on any atom is -0.316 e. The first kappa shape index (κ1) is 18.7. The summed E-state index contributed by atoms with van der Waals surface area (Å²) in [4.78, 5) is 31.8.